The zero-order chi connectivity index (χ0) is 25.0. The number of likely N-dealkylation sites (tertiary alicyclic amines) is 1. The molecule has 2 aliphatic rings. The molecule has 1 aliphatic heterocycles. The molecule has 0 bridgehead atoms. The molecule has 1 N–H and O–H groups in total. The molecule has 0 aromatic heterocycles. The molecule has 1 saturated heterocycles. The maximum absolute atomic E-state index is 13.2. The summed E-state index contributed by atoms with van der Waals surface area (Å²) in [7, 11) is 1.65. The third-order valence-electron chi connectivity index (χ3n) is 7.31. The second-order valence-electron chi connectivity index (χ2n) is 9.69. The van der Waals surface area contributed by atoms with E-state index >= 15 is 0 Å². The lowest BCUT2D eigenvalue weighted by Gasteiger charge is -2.44. The number of benzene rings is 2. The molecular weight excluding hydrogens is 440 g/mol. The number of fused-ring (bicyclic) bond motifs is 2. The predicted octanol–water partition coefficient (Wildman–Crippen LogP) is 3.70. The number of nitrogens with zero attached hydrogens (tertiary/aromatic N) is 1. The molecule has 184 valence electrons. The van der Waals surface area contributed by atoms with Crippen LogP contribution in [0.5, 0.6) is 0 Å². The van der Waals surface area contributed by atoms with Crippen LogP contribution in [-0.4, -0.2) is 56.2 Å². The van der Waals surface area contributed by atoms with E-state index in [4.69, 9.17) is 15.9 Å². The van der Waals surface area contributed by atoms with E-state index in [0.29, 0.717) is 37.4 Å². The van der Waals surface area contributed by atoms with E-state index < -0.39 is 0 Å². The first-order chi connectivity index (χ1) is 16.9. The first kappa shape index (κ1) is 25.0. The van der Waals surface area contributed by atoms with Crippen molar-refractivity contribution in [3.63, 3.8) is 0 Å². The number of hydrogen-bond donors (Lipinski definition) is 1. The highest BCUT2D eigenvalue weighted by molar-refractivity contribution is 5.94. The van der Waals surface area contributed by atoms with Gasteiger partial charge < -0.3 is 19.7 Å². The third kappa shape index (κ3) is 4.84. The van der Waals surface area contributed by atoms with Crippen LogP contribution in [0.25, 0.3) is 0 Å². The monoisotopic (exact) mass is 474 g/mol. The minimum Gasteiger partial charge on any atom is -0.382 e. The van der Waals surface area contributed by atoms with Crippen molar-refractivity contribution in [1.29, 1.82) is 0 Å². The number of ether oxygens (including phenoxy) is 2. The fourth-order valence-corrected chi connectivity index (χ4v) is 5.43. The standard InChI is InChI=1S/C29H34N2O4/c1-5-21-9-8-10-22(19-21)28(33)31-15-13-29(14-16-31)24-12-7-6-11-23(24)25(30-27(32)20(2)3)26(29)35-18-17-34-4/h1,6-12,19-20,25-26H,13-18H2,2-4H3,(H,30,32)/t25-,26+/m1/s1. The van der Waals surface area contributed by atoms with Gasteiger partial charge in [0.25, 0.3) is 5.91 Å². The van der Waals surface area contributed by atoms with E-state index in [0.717, 1.165) is 18.4 Å². The first-order valence-corrected chi connectivity index (χ1v) is 12.3. The summed E-state index contributed by atoms with van der Waals surface area (Å²) >= 11 is 0. The molecule has 1 fully saturated rings. The van der Waals surface area contributed by atoms with E-state index in [1.807, 2.05) is 49.1 Å². The second kappa shape index (κ2) is 10.6. The molecule has 1 heterocycles. The van der Waals surface area contributed by atoms with Crippen LogP contribution in [0.15, 0.2) is 48.5 Å². The van der Waals surface area contributed by atoms with E-state index in [1.54, 1.807) is 13.2 Å². The number of methoxy groups -OCH3 is 1. The van der Waals surface area contributed by atoms with Gasteiger partial charge in [0.15, 0.2) is 0 Å². The SMILES string of the molecule is C#Cc1cccc(C(=O)N2CCC3(CC2)c2ccccc2[C@@H](NC(=O)C(C)C)[C@@H]3OCCOC)c1. The van der Waals surface area contributed by atoms with E-state index in [2.05, 4.69) is 23.4 Å². The maximum atomic E-state index is 13.2. The van der Waals surface area contributed by atoms with Crippen LogP contribution in [0.3, 0.4) is 0 Å². The van der Waals surface area contributed by atoms with Crippen LogP contribution < -0.4 is 5.32 Å². The van der Waals surface area contributed by atoms with Crippen LogP contribution in [-0.2, 0) is 19.7 Å². The molecule has 2 atom stereocenters. The predicted molar refractivity (Wildman–Crippen MR) is 135 cm³/mol. The summed E-state index contributed by atoms with van der Waals surface area (Å²) in [6.07, 6.45) is 6.78. The van der Waals surface area contributed by atoms with Gasteiger partial charge in [0, 0.05) is 42.7 Å². The van der Waals surface area contributed by atoms with Crippen molar-refractivity contribution in [2.24, 2.45) is 5.92 Å². The average molecular weight is 475 g/mol. The van der Waals surface area contributed by atoms with Gasteiger partial charge >= 0.3 is 0 Å². The van der Waals surface area contributed by atoms with Crippen molar-refractivity contribution in [1.82, 2.24) is 10.2 Å². The van der Waals surface area contributed by atoms with Gasteiger partial charge in [-0.15, -0.1) is 6.42 Å². The molecule has 2 aromatic carbocycles. The summed E-state index contributed by atoms with van der Waals surface area (Å²) in [5.74, 6) is 2.47. The Hall–Kier alpha value is -3.14. The Morgan fingerprint density at radius 2 is 1.89 bits per heavy atom. The zero-order valence-electron chi connectivity index (χ0n) is 20.8. The molecule has 2 amide bonds. The number of amides is 2. The lowest BCUT2D eigenvalue weighted by Crippen LogP contribution is -2.52. The minimum absolute atomic E-state index is 0.00297. The lowest BCUT2D eigenvalue weighted by atomic mass is 9.71. The minimum atomic E-state index is -0.295. The molecule has 0 saturated carbocycles. The van der Waals surface area contributed by atoms with Gasteiger partial charge in [0.2, 0.25) is 5.91 Å². The molecule has 1 spiro atoms. The molecule has 35 heavy (non-hydrogen) atoms. The molecule has 2 aromatic rings. The highest BCUT2D eigenvalue weighted by atomic mass is 16.5. The van der Waals surface area contributed by atoms with Gasteiger partial charge in [-0.05, 0) is 42.2 Å². The quantitative estimate of drug-likeness (QED) is 0.491. The van der Waals surface area contributed by atoms with Crippen LogP contribution in [0.1, 0.15) is 59.8 Å². The number of rotatable bonds is 7. The lowest BCUT2D eigenvalue weighted by molar-refractivity contribution is -0.127. The number of nitrogens with one attached hydrogen (secondary N) is 1. The van der Waals surface area contributed by atoms with E-state index in [-0.39, 0.29) is 35.3 Å². The Balaban J connectivity index is 1.61. The van der Waals surface area contributed by atoms with Gasteiger partial charge in [-0.3, -0.25) is 9.59 Å². The highest BCUT2D eigenvalue weighted by Gasteiger charge is 2.54. The van der Waals surface area contributed by atoms with Crippen molar-refractivity contribution >= 4 is 11.8 Å². The molecule has 6 heteroatoms. The molecular formula is C29H34N2O4. The summed E-state index contributed by atoms with van der Waals surface area (Å²) in [6, 6.07) is 15.3. The van der Waals surface area contributed by atoms with Crippen molar-refractivity contribution in [2.75, 3.05) is 33.4 Å². The number of carbonyl (C=O) groups is 2. The number of piperidine rings is 1. The number of hydrogen-bond acceptors (Lipinski definition) is 4. The Kier molecular flexibility index (Phi) is 7.59. The number of carbonyl (C=O) groups excluding carboxylic acids is 2. The number of terminal acetylenes is 1. The topological polar surface area (TPSA) is 67.9 Å². The first-order valence-electron chi connectivity index (χ1n) is 12.3. The van der Waals surface area contributed by atoms with Crippen LogP contribution >= 0.6 is 0 Å². The summed E-state index contributed by atoms with van der Waals surface area (Å²) < 4.78 is 11.7. The smallest absolute Gasteiger partial charge is 0.253 e. The maximum Gasteiger partial charge on any atom is 0.253 e. The third-order valence-corrected chi connectivity index (χ3v) is 7.31. The largest absolute Gasteiger partial charge is 0.382 e. The summed E-state index contributed by atoms with van der Waals surface area (Å²) in [5.41, 5.74) is 3.32. The van der Waals surface area contributed by atoms with Crippen molar-refractivity contribution in [3.8, 4) is 12.3 Å². The molecule has 4 rings (SSSR count). The van der Waals surface area contributed by atoms with Gasteiger partial charge in [0.05, 0.1) is 25.4 Å². The van der Waals surface area contributed by atoms with Crippen LogP contribution in [0.2, 0.25) is 0 Å². The summed E-state index contributed by atoms with van der Waals surface area (Å²) in [6.45, 7) is 5.90. The normalized spacial score (nSPS) is 20.5. The highest BCUT2D eigenvalue weighted by Crippen LogP contribution is 2.52. The zero-order valence-corrected chi connectivity index (χ0v) is 20.8. The van der Waals surface area contributed by atoms with Gasteiger partial charge in [0.1, 0.15) is 0 Å². The Labute approximate surface area is 208 Å². The van der Waals surface area contributed by atoms with Gasteiger partial charge in [-0.1, -0.05) is 50.1 Å². The fourth-order valence-electron chi connectivity index (χ4n) is 5.43. The van der Waals surface area contributed by atoms with Crippen molar-refractivity contribution < 1.29 is 19.1 Å². The average Bonchev–Trinajstić information content (AvgIpc) is 3.12. The van der Waals surface area contributed by atoms with Crippen molar-refractivity contribution in [2.45, 2.75) is 44.2 Å². The Morgan fingerprint density at radius 3 is 2.57 bits per heavy atom. The van der Waals surface area contributed by atoms with Crippen LogP contribution in [0, 0.1) is 18.3 Å². The molecule has 6 nitrogen and oxygen atoms in total. The summed E-state index contributed by atoms with van der Waals surface area (Å²) in [5, 5.41) is 3.25. The summed E-state index contributed by atoms with van der Waals surface area (Å²) in [4.78, 5) is 27.9. The van der Waals surface area contributed by atoms with Crippen LogP contribution in [0.4, 0.5) is 0 Å². The molecule has 0 unspecified atom stereocenters. The van der Waals surface area contributed by atoms with E-state index in [1.165, 1.54) is 5.56 Å². The fraction of sp³-hybridized carbons (Fsp3) is 0.448. The molecule has 0 radical (unpaired) electrons. The van der Waals surface area contributed by atoms with Crippen molar-refractivity contribution in [3.05, 3.63) is 70.8 Å². The second-order valence-corrected chi connectivity index (χ2v) is 9.69. The van der Waals surface area contributed by atoms with E-state index in [9.17, 15) is 9.59 Å². The Morgan fingerprint density at radius 1 is 1.14 bits per heavy atom. The Bertz CT molecular complexity index is 1110. The van der Waals surface area contributed by atoms with Gasteiger partial charge in [-0.2, -0.15) is 0 Å². The molecule has 1 aliphatic carbocycles. The van der Waals surface area contributed by atoms with Gasteiger partial charge in [-0.25, -0.2) is 0 Å².